The van der Waals surface area contributed by atoms with Crippen LogP contribution in [0.4, 0.5) is 24.8 Å². The van der Waals surface area contributed by atoms with Crippen LogP contribution in [0.2, 0.25) is 0 Å². The van der Waals surface area contributed by atoms with E-state index in [2.05, 4.69) is 24.8 Å². The number of aryl methyl sites for hydroxylation is 1. The molecule has 0 bridgehead atoms. The van der Waals surface area contributed by atoms with Crippen molar-refractivity contribution in [3.8, 4) is 5.75 Å². The first-order valence-corrected chi connectivity index (χ1v) is 11.6. The number of fused-ring (bicyclic) bond motifs is 1. The highest BCUT2D eigenvalue weighted by molar-refractivity contribution is 5.80. The van der Waals surface area contributed by atoms with Crippen molar-refractivity contribution in [3.05, 3.63) is 47.5 Å². The van der Waals surface area contributed by atoms with Crippen molar-refractivity contribution in [1.29, 1.82) is 0 Å². The van der Waals surface area contributed by atoms with E-state index in [0.717, 1.165) is 47.5 Å². The zero-order valence-corrected chi connectivity index (χ0v) is 19.4. The second kappa shape index (κ2) is 10.2. The second-order valence-corrected chi connectivity index (χ2v) is 8.81. The van der Waals surface area contributed by atoms with Crippen molar-refractivity contribution in [2.45, 2.75) is 32.5 Å². The molecule has 0 unspecified atom stereocenters. The third-order valence-corrected chi connectivity index (χ3v) is 6.25. The van der Waals surface area contributed by atoms with E-state index in [4.69, 9.17) is 14.7 Å². The Morgan fingerprint density at radius 1 is 1.14 bits per heavy atom. The Labute approximate surface area is 201 Å². The monoisotopic (exact) mass is 488 g/mol. The molecule has 1 aromatic carbocycles. The molecule has 0 aliphatic carbocycles. The first-order chi connectivity index (χ1) is 16.9. The zero-order valence-electron chi connectivity index (χ0n) is 19.4. The molecule has 35 heavy (non-hydrogen) atoms. The molecule has 2 aromatic heterocycles. The van der Waals surface area contributed by atoms with Gasteiger partial charge in [0, 0.05) is 56.7 Å². The number of benzene rings is 1. The van der Waals surface area contributed by atoms with Crippen LogP contribution < -0.4 is 15.0 Å². The molecule has 0 amide bonds. The first kappa shape index (κ1) is 23.6. The summed E-state index contributed by atoms with van der Waals surface area (Å²) in [4.78, 5) is 18.4. The number of alkyl halides is 2. The summed E-state index contributed by atoms with van der Waals surface area (Å²) in [5.41, 5.74) is 2.84. The molecule has 5 rings (SSSR count). The maximum atomic E-state index is 14.4. The van der Waals surface area contributed by atoms with Crippen LogP contribution in [0.1, 0.15) is 17.7 Å². The van der Waals surface area contributed by atoms with Gasteiger partial charge in [-0.3, -0.25) is 9.88 Å². The van der Waals surface area contributed by atoms with Gasteiger partial charge in [-0.1, -0.05) is 6.07 Å². The van der Waals surface area contributed by atoms with E-state index in [1.807, 2.05) is 13.0 Å². The highest BCUT2D eigenvalue weighted by Gasteiger charge is 2.25. The quantitative estimate of drug-likeness (QED) is 0.541. The fourth-order valence-electron chi connectivity index (χ4n) is 4.40. The number of hydrogen-bond acceptors (Lipinski definition) is 8. The van der Waals surface area contributed by atoms with E-state index in [9.17, 15) is 13.2 Å². The van der Waals surface area contributed by atoms with Crippen LogP contribution in [-0.4, -0.2) is 71.9 Å². The maximum absolute atomic E-state index is 14.4. The highest BCUT2D eigenvalue weighted by Crippen LogP contribution is 2.28. The molecule has 2 saturated heterocycles. The third-order valence-electron chi connectivity index (χ3n) is 6.25. The van der Waals surface area contributed by atoms with E-state index < -0.39 is 12.4 Å². The minimum Gasteiger partial charge on any atom is -0.435 e. The normalized spacial score (nSPS) is 19.0. The lowest BCUT2D eigenvalue weighted by atomic mass is 10.1. The smallest absolute Gasteiger partial charge is 0.387 e. The molecule has 0 saturated carbocycles. The van der Waals surface area contributed by atoms with Gasteiger partial charge in [-0.25, -0.2) is 14.4 Å². The minimum atomic E-state index is -2.98. The van der Waals surface area contributed by atoms with Crippen LogP contribution >= 0.6 is 0 Å². The van der Waals surface area contributed by atoms with Gasteiger partial charge in [-0.2, -0.15) is 8.78 Å². The minimum absolute atomic E-state index is 0.182. The van der Waals surface area contributed by atoms with E-state index in [0.29, 0.717) is 44.9 Å². The Kier molecular flexibility index (Phi) is 6.87. The summed E-state index contributed by atoms with van der Waals surface area (Å²) < 4.78 is 48.9. The summed E-state index contributed by atoms with van der Waals surface area (Å²) in [6.45, 7) is 3.43. The van der Waals surface area contributed by atoms with Gasteiger partial charge in [-0.05, 0) is 25.5 Å². The maximum Gasteiger partial charge on any atom is 0.387 e. The Balaban J connectivity index is 1.29. The Morgan fingerprint density at radius 3 is 2.69 bits per heavy atom. The van der Waals surface area contributed by atoms with Crippen LogP contribution in [-0.2, 0) is 11.3 Å². The Bertz CT molecular complexity index is 1180. The predicted octanol–water partition coefficient (Wildman–Crippen LogP) is 3.60. The second-order valence-electron chi connectivity index (χ2n) is 8.81. The summed E-state index contributed by atoms with van der Waals surface area (Å²) in [5.74, 6) is 0.763. The van der Waals surface area contributed by atoms with Crippen molar-refractivity contribution in [3.63, 3.8) is 0 Å². The summed E-state index contributed by atoms with van der Waals surface area (Å²) in [6.07, 6.45) is 2.65. The van der Waals surface area contributed by atoms with Gasteiger partial charge in [0.1, 0.15) is 17.1 Å². The Morgan fingerprint density at radius 2 is 1.97 bits per heavy atom. The molecule has 1 atom stereocenters. The number of aromatic nitrogens is 3. The number of anilines is 2. The molecule has 186 valence electrons. The van der Waals surface area contributed by atoms with Crippen LogP contribution in [0.5, 0.6) is 5.75 Å². The standard InChI is InChI=1S/C24H27F3N6O2/c1-15-10-20-21(12-28-15)31-23(22(30-20)29-17-4-9-34-14-17)33-7-5-32(6-8-33)13-16-2-3-18(11-19(16)25)35-24(26)27/h2-3,10-12,17,24H,4-9,13-14H2,1H3,(H,29,30)/t17-/m0/s1. The molecule has 0 spiro atoms. The molecule has 2 aliphatic rings. The molecule has 8 nitrogen and oxygen atoms in total. The van der Waals surface area contributed by atoms with Gasteiger partial charge in [0.05, 0.1) is 24.4 Å². The van der Waals surface area contributed by atoms with Crippen molar-refractivity contribution in [2.24, 2.45) is 0 Å². The molecular weight excluding hydrogens is 461 g/mol. The number of pyridine rings is 1. The summed E-state index contributed by atoms with van der Waals surface area (Å²) in [7, 11) is 0. The van der Waals surface area contributed by atoms with Crippen molar-refractivity contribution < 1.29 is 22.6 Å². The lowest BCUT2D eigenvalue weighted by molar-refractivity contribution is -0.0500. The lowest BCUT2D eigenvalue weighted by Gasteiger charge is -2.36. The first-order valence-electron chi connectivity index (χ1n) is 11.6. The number of ether oxygens (including phenoxy) is 2. The van der Waals surface area contributed by atoms with Gasteiger partial charge >= 0.3 is 6.61 Å². The molecule has 2 fully saturated rings. The zero-order chi connectivity index (χ0) is 24.4. The molecule has 2 aliphatic heterocycles. The molecule has 11 heteroatoms. The van der Waals surface area contributed by atoms with Crippen molar-refractivity contribution in [1.82, 2.24) is 19.9 Å². The van der Waals surface area contributed by atoms with Crippen LogP contribution in [0.15, 0.2) is 30.5 Å². The molecule has 3 aromatic rings. The van der Waals surface area contributed by atoms with E-state index in [1.54, 1.807) is 6.20 Å². The SMILES string of the molecule is Cc1cc2nc(N[C@H]3CCOC3)c(N3CCN(Cc4ccc(OC(F)F)cc4F)CC3)nc2cn1. The van der Waals surface area contributed by atoms with Crippen molar-refractivity contribution >= 4 is 22.7 Å². The molecule has 1 N–H and O–H groups in total. The van der Waals surface area contributed by atoms with E-state index >= 15 is 0 Å². The fourth-order valence-corrected chi connectivity index (χ4v) is 4.40. The molecule has 4 heterocycles. The van der Waals surface area contributed by atoms with Crippen LogP contribution in [0, 0.1) is 12.7 Å². The Hall–Kier alpha value is -3.18. The van der Waals surface area contributed by atoms with Gasteiger partial charge in [0.25, 0.3) is 0 Å². The highest BCUT2D eigenvalue weighted by atomic mass is 19.3. The summed E-state index contributed by atoms with van der Waals surface area (Å²) in [5, 5.41) is 3.51. The van der Waals surface area contributed by atoms with Gasteiger partial charge in [0.15, 0.2) is 11.6 Å². The lowest BCUT2D eigenvalue weighted by Crippen LogP contribution is -2.46. The van der Waals surface area contributed by atoms with Crippen LogP contribution in [0.25, 0.3) is 11.0 Å². The average Bonchev–Trinajstić information content (AvgIpc) is 3.34. The fraction of sp³-hybridized carbons (Fsp3) is 0.458. The molecular formula is C24H27F3N6O2. The van der Waals surface area contributed by atoms with Gasteiger partial charge in [0.2, 0.25) is 0 Å². The topological polar surface area (TPSA) is 75.6 Å². The average molecular weight is 489 g/mol. The van der Waals surface area contributed by atoms with E-state index in [1.165, 1.54) is 12.1 Å². The van der Waals surface area contributed by atoms with E-state index in [-0.39, 0.29) is 11.8 Å². The van der Waals surface area contributed by atoms with Crippen molar-refractivity contribution in [2.75, 3.05) is 49.6 Å². The summed E-state index contributed by atoms with van der Waals surface area (Å²) in [6, 6.07) is 5.97. The predicted molar refractivity (Wildman–Crippen MR) is 125 cm³/mol. The summed E-state index contributed by atoms with van der Waals surface area (Å²) >= 11 is 0. The number of halogens is 3. The number of rotatable bonds is 7. The molecule has 0 radical (unpaired) electrons. The number of nitrogens with one attached hydrogen (secondary N) is 1. The van der Waals surface area contributed by atoms with Crippen LogP contribution in [0.3, 0.4) is 0 Å². The largest absolute Gasteiger partial charge is 0.435 e. The number of hydrogen-bond donors (Lipinski definition) is 1. The van der Waals surface area contributed by atoms with Gasteiger partial charge < -0.3 is 19.7 Å². The number of piperazine rings is 1. The number of nitrogens with zero attached hydrogens (tertiary/aromatic N) is 5. The third kappa shape index (κ3) is 5.57. The van der Waals surface area contributed by atoms with Gasteiger partial charge in [-0.15, -0.1) is 0 Å².